The lowest BCUT2D eigenvalue weighted by atomic mass is 9.81. The Morgan fingerprint density at radius 1 is 1.15 bits per heavy atom. The van der Waals surface area contributed by atoms with E-state index in [1.807, 2.05) is 0 Å². The highest BCUT2D eigenvalue weighted by molar-refractivity contribution is 6.11. The zero-order valence-electron chi connectivity index (χ0n) is 17.2. The van der Waals surface area contributed by atoms with Gasteiger partial charge in [-0.3, -0.25) is 9.59 Å². The third-order valence-electron chi connectivity index (χ3n) is 6.05. The average molecular weight is 447 g/mol. The summed E-state index contributed by atoms with van der Waals surface area (Å²) in [5.41, 5.74) is 0.339. The lowest BCUT2D eigenvalue weighted by Gasteiger charge is -2.28. The second-order valence-electron chi connectivity index (χ2n) is 8.21. The summed E-state index contributed by atoms with van der Waals surface area (Å²) in [6.07, 6.45) is 1.04. The van der Waals surface area contributed by atoms with Crippen molar-refractivity contribution >= 4 is 28.7 Å². The van der Waals surface area contributed by atoms with Crippen molar-refractivity contribution in [1.82, 2.24) is 30.0 Å². The molecule has 1 atom stereocenters. The van der Waals surface area contributed by atoms with Crippen LogP contribution in [-0.2, 0) is 16.8 Å². The molecule has 0 unspecified atom stereocenters. The molecule has 4 aromatic rings. The second-order valence-corrected chi connectivity index (χ2v) is 8.21. The zero-order valence-corrected chi connectivity index (χ0v) is 17.2. The Hall–Kier alpha value is -4.28. The monoisotopic (exact) mass is 447 g/mol. The highest BCUT2D eigenvalue weighted by atomic mass is 19.1. The van der Waals surface area contributed by atoms with Gasteiger partial charge in [0, 0.05) is 17.7 Å². The van der Waals surface area contributed by atoms with E-state index in [1.165, 1.54) is 16.8 Å². The lowest BCUT2D eigenvalue weighted by Crippen LogP contribution is -2.48. The van der Waals surface area contributed by atoms with Gasteiger partial charge in [-0.05, 0) is 19.1 Å². The Bertz CT molecular complexity index is 1520. The first kappa shape index (κ1) is 19.4. The van der Waals surface area contributed by atoms with Crippen LogP contribution in [0.1, 0.15) is 28.5 Å². The molecule has 2 amide bonds. The van der Waals surface area contributed by atoms with Crippen molar-refractivity contribution in [1.29, 1.82) is 0 Å². The summed E-state index contributed by atoms with van der Waals surface area (Å²) in [5.74, 6) is -1.51. The number of pyridine rings is 1. The number of anilines is 1. The second kappa shape index (κ2) is 6.61. The molecule has 0 radical (unpaired) electrons. The Balaban J connectivity index is 1.56. The van der Waals surface area contributed by atoms with Crippen LogP contribution in [0.5, 0.6) is 0 Å². The van der Waals surface area contributed by atoms with Crippen LogP contribution in [0.4, 0.5) is 14.6 Å². The highest BCUT2D eigenvalue weighted by Crippen LogP contribution is 2.41. The van der Waals surface area contributed by atoms with Crippen LogP contribution in [0.2, 0.25) is 0 Å². The summed E-state index contributed by atoms with van der Waals surface area (Å²) < 4.78 is 29.8. The molecule has 0 saturated heterocycles. The van der Waals surface area contributed by atoms with E-state index in [9.17, 15) is 18.4 Å². The van der Waals surface area contributed by atoms with Crippen molar-refractivity contribution < 1.29 is 18.4 Å². The van der Waals surface area contributed by atoms with Crippen LogP contribution >= 0.6 is 0 Å². The van der Waals surface area contributed by atoms with Crippen LogP contribution in [0.25, 0.3) is 22.6 Å². The van der Waals surface area contributed by atoms with Crippen molar-refractivity contribution in [2.24, 2.45) is 0 Å². The number of benzene rings is 1. The zero-order chi connectivity index (χ0) is 22.9. The maximum atomic E-state index is 14.2. The van der Waals surface area contributed by atoms with Crippen molar-refractivity contribution in [3.63, 3.8) is 0 Å². The first-order valence-electron chi connectivity index (χ1n) is 10.1. The van der Waals surface area contributed by atoms with Crippen molar-refractivity contribution in [2.45, 2.75) is 18.9 Å². The molecular formula is C22H15F2N7O2. The third-order valence-corrected chi connectivity index (χ3v) is 6.05. The molecule has 0 aliphatic carbocycles. The topological polar surface area (TPSA) is 115 Å². The molecule has 6 rings (SSSR count). The smallest absolute Gasteiger partial charge is 0.270 e. The van der Waals surface area contributed by atoms with Gasteiger partial charge in [0.2, 0.25) is 5.91 Å². The van der Waals surface area contributed by atoms with Crippen molar-refractivity contribution in [3.8, 4) is 11.5 Å². The lowest BCUT2D eigenvalue weighted by molar-refractivity contribution is -0.120. The van der Waals surface area contributed by atoms with Crippen molar-refractivity contribution in [2.75, 3.05) is 11.9 Å². The Morgan fingerprint density at radius 2 is 1.97 bits per heavy atom. The predicted octanol–water partition coefficient (Wildman–Crippen LogP) is 2.17. The first-order chi connectivity index (χ1) is 15.8. The summed E-state index contributed by atoms with van der Waals surface area (Å²) in [6, 6.07) is 7.46. The highest BCUT2D eigenvalue weighted by Gasteiger charge is 2.50. The molecule has 1 aromatic carbocycles. The van der Waals surface area contributed by atoms with Gasteiger partial charge in [0.05, 0.1) is 23.5 Å². The summed E-state index contributed by atoms with van der Waals surface area (Å²) in [4.78, 5) is 38.1. The fourth-order valence-corrected chi connectivity index (χ4v) is 4.31. The van der Waals surface area contributed by atoms with E-state index in [-0.39, 0.29) is 42.0 Å². The number of halogens is 2. The van der Waals surface area contributed by atoms with E-state index in [0.29, 0.717) is 22.2 Å². The summed E-state index contributed by atoms with van der Waals surface area (Å²) in [7, 11) is 0. The quantitative estimate of drug-likeness (QED) is 0.498. The Morgan fingerprint density at radius 3 is 2.79 bits per heavy atom. The minimum atomic E-state index is -0.975. The van der Waals surface area contributed by atoms with E-state index >= 15 is 0 Å². The number of fused-ring (bicyclic) bond motifs is 1. The van der Waals surface area contributed by atoms with Crippen LogP contribution in [0.15, 0.2) is 36.5 Å². The largest absolute Gasteiger partial charge is 0.349 e. The molecule has 0 saturated carbocycles. The fraction of sp³-hybridized carbons (Fsp3) is 0.182. The third kappa shape index (κ3) is 2.75. The molecule has 2 N–H and O–H groups in total. The van der Waals surface area contributed by atoms with Crippen LogP contribution < -0.4 is 10.6 Å². The molecule has 11 heteroatoms. The van der Waals surface area contributed by atoms with Gasteiger partial charge in [0.25, 0.3) is 5.91 Å². The van der Waals surface area contributed by atoms with Crippen LogP contribution in [0.3, 0.4) is 0 Å². The molecule has 0 bridgehead atoms. The maximum absolute atomic E-state index is 14.2. The van der Waals surface area contributed by atoms with Gasteiger partial charge in [-0.15, -0.1) is 0 Å². The van der Waals surface area contributed by atoms with Gasteiger partial charge in [0.15, 0.2) is 11.5 Å². The molecule has 33 heavy (non-hydrogen) atoms. The number of hydrogen-bond acceptors (Lipinski definition) is 6. The number of nitrogens with zero attached hydrogens (tertiary/aromatic N) is 5. The van der Waals surface area contributed by atoms with Crippen molar-refractivity contribution in [3.05, 3.63) is 65.0 Å². The van der Waals surface area contributed by atoms with E-state index < -0.39 is 23.0 Å². The van der Waals surface area contributed by atoms with Gasteiger partial charge < -0.3 is 10.6 Å². The fourth-order valence-electron chi connectivity index (χ4n) is 4.31. The van der Waals surface area contributed by atoms with Gasteiger partial charge in [-0.2, -0.15) is 5.10 Å². The van der Waals surface area contributed by atoms with E-state index in [1.54, 1.807) is 25.1 Å². The minimum Gasteiger partial charge on any atom is -0.349 e. The molecule has 3 aromatic heterocycles. The molecule has 164 valence electrons. The number of carbonyl (C=O) groups is 2. The average Bonchev–Trinajstić information content (AvgIpc) is 3.27. The number of nitrogens with one attached hydrogen (secondary N) is 2. The SMILES string of the molecule is C[C@]12CNC(=O)c3nc(-c4nn(Cc5ccccc5F)c5ncc(F)cc45)nc(c31)NC2=O. The maximum Gasteiger partial charge on any atom is 0.270 e. The predicted molar refractivity (Wildman–Crippen MR) is 112 cm³/mol. The summed E-state index contributed by atoms with van der Waals surface area (Å²) in [6.45, 7) is 1.88. The van der Waals surface area contributed by atoms with Gasteiger partial charge in [0.1, 0.15) is 28.8 Å². The molecule has 0 fully saturated rings. The molecule has 5 heterocycles. The number of amides is 2. The molecule has 0 spiro atoms. The number of rotatable bonds is 3. The number of hydrogen-bond donors (Lipinski definition) is 2. The van der Waals surface area contributed by atoms with E-state index in [4.69, 9.17) is 0 Å². The summed E-state index contributed by atoms with van der Waals surface area (Å²) >= 11 is 0. The Labute approximate surface area is 184 Å². The molecular weight excluding hydrogens is 432 g/mol. The normalized spacial score (nSPS) is 18.9. The Kier molecular flexibility index (Phi) is 3.89. The number of aromatic nitrogens is 5. The standard InChI is InChI=1S/C22H15F2N7O2/c1-22-9-26-20(32)16-14(22)17(29-21(22)33)28-18(27-16)15-12-6-11(23)7-25-19(12)31(30-15)8-10-4-2-3-5-13(10)24/h2-7H,8-9H2,1H3,(H,26,32)(H,27,28,29,33)/t22-/m0/s1. The number of carbonyl (C=O) groups excluding carboxylic acids is 2. The first-order valence-corrected chi connectivity index (χ1v) is 10.1. The van der Waals surface area contributed by atoms with Gasteiger partial charge in [-0.1, -0.05) is 18.2 Å². The summed E-state index contributed by atoms with van der Waals surface area (Å²) in [5, 5.41) is 10.2. The van der Waals surface area contributed by atoms with Gasteiger partial charge >= 0.3 is 0 Å². The molecule has 9 nitrogen and oxygen atoms in total. The van der Waals surface area contributed by atoms with E-state index in [0.717, 1.165) is 6.20 Å². The van der Waals surface area contributed by atoms with Crippen LogP contribution in [0, 0.1) is 11.6 Å². The minimum absolute atomic E-state index is 0.0232. The van der Waals surface area contributed by atoms with E-state index in [2.05, 4.69) is 30.7 Å². The van der Waals surface area contributed by atoms with Gasteiger partial charge in [-0.25, -0.2) is 28.4 Å². The molecule has 2 aliphatic rings. The van der Waals surface area contributed by atoms with Crippen LogP contribution in [-0.4, -0.2) is 43.1 Å². The molecule has 2 aliphatic heterocycles.